The first-order valence-electron chi connectivity index (χ1n) is 9.53. The molecular formula is C21H26N4O3. The number of hydrogen-bond acceptors (Lipinski definition) is 4. The van der Waals surface area contributed by atoms with Crippen LogP contribution in [0, 0.1) is 5.92 Å². The molecule has 0 fully saturated rings. The summed E-state index contributed by atoms with van der Waals surface area (Å²) >= 11 is 0. The number of nitrogens with two attached hydrogens (primary N) is 1. The second-order valence-corrected chi connectivity index (χ2v) is 7.77. The average Bonchev–Trinajstić information content (AvgIpc) is 2.81. The van der Waals surface area contributed by atoms with E-state index in [4.69, 9.17) is 5.73 Å². The Bertz CT molecular complexity index is 864. The van der Waals surface area contributed by atoms with Crippen molar-refractivity contribution in [1.29, 1.82) is 0 Å². The molecule has 3 N–H and O–H groups in total. The van der Waals surface area contributed by atoms with Gasteiger partial charge < -0.3 is 15.7 Å². The van der Waals surface area contributed by atoms with Gasteiger partial charge in [0.25, 0.3) is 5.91 Å². The van der Waals surface area contributed by atoms with E-state index in [1.807, 2.05) is 0 Å². The number of fused-ring (bicyclic) bond motifs is 1. The maximum Gasteiger partial charge on any atom is 0.407 e. The van der Waals surface area contributed by atoms with Crippen LogP contribution >= 0.6 is 0 Å². The van der Waals surface area contributed by atoms with Gasteiger partial charge in [-0.25, -0.2) is 9.78 Å². The Morgan fingerprint density at radius 3 is 2.68 bits per heavy atom. The minimum Gasteiger partial charge on any atom is -0.465 e. The summed E-state index contributed by atoms with van der Waals surface area (Å²) in [5, 5.41) is 9.48. The number of aromatic nitrogens is 2. The van der Waals surface area contributed by atoms with E-state index in [1.54, 1.807) is 6.20 Å². The van der Waals surface area contributed by atoms with Crippen LogP contribution < -0.4 is 5.73 Å². The molecule has 1 aliphatic rings. The highest BCUT2D eigenvalue weighted by Crippen LogP contribution is 2.31. The van der Waals surface area contributed by atoms with Crippen molar-refractivity contribution in [1.82, 2.24) is 14.9 Å². The van der Waals surface area contributed by atoms with Crippen molar-refractivity contribution in [3.05, 3.63) is 58.7 Å². The molecule has 2 amide bonds. The molecule has 28 heavy (non-hydrogen) atoms. The third-order valence-electron chi connectivity index (χ3n) is 5.11. The van der Waals surface area contributed by atoms with Gasteiger partial charge in [-0.3, -0.25) is 9.78 Å². The van der Waals surface area contributed by atoms with E-state index in [1.165, 1.54) is 22.2 Å². The first-order chi connectivity index (χ1) is 13.3. The smallest absolute Gasteiger partial charge is 0.407 e. The van der Waals surface area contributed by atoms with Gasteiger partial charge in [0.15, 0.2) is 0 Å². The normalized spacial score (nSPS) is 16.5. The van der Waals surface area contributed by atoms with Crippen LogP contribution in [0.4, 0.5) is 4.79 Å². The number of hydrogen-bond donors (Lipinski definition) is 2. The number of carbonyl (C=O) groups is 2. The molecule has 7 nitrogen and oxygen atoms in total. The van der Waals surface area contributed by atoms with Crippen molar-refractivity contribution < 1.29 is 14.7 Å². The number of carboxylic acid groups (broad SMARTS) is 1. The topological polar surface area (TPSA) is 109 Å². The van der Waals surface area contributed by atoms with Crippen molar-refractivity contribution in [2.75, 3.05) is 13.1 Å². The number of benzene rings is 1. The van der Waals surface area contributed by atoms with Crippen LogP contribution in [0.25, 0.3) is 0 Å². The number of primary amides is 1. The van der Waals surface area contributed by atoms with Crippen molar-refractivity contribution in [3.63, 3.8) is 0 Å². The molecule has 0 radical (unpaired) electrons. The zero-order chi connectivity index (χ0) is 20.3. The number of carbonyl (C=O) groups excluding carboxylic acids is 1. The maximum atomic E-state index is 11.6. The predicted molar refractivity (Wildman–Crippen MR) is 105 cm³/mol. The maximum absolute atomic E-state index is 11.6. The largest absolute Gasteiger partial charge is 0.465 e. The zero-order valence-corrected chi connectivity index (χ0v) is 16.3. The molecule has 1 aliphatic heterocycles. The van der Waals surface area contributed by atoms with E-state index in [0.29, 0.717) is 31.8 Å². The fourth-order valence-corrected chi connectivity index (χ4v) is 3.82. The monoisotopic (exact) mass is 382 g/mol. The summed E-state index contributed by atoms with van der Waals surface area (Å²) in [6, 6.07) is 6.36. The van der Waals surface area contributed by atoms with Gasteiger partial charge >= 0.3 is 6.09 Å². The fourth-order valence-electron chi connectivity index (χ4n) is 3.82. The van der Waals surface area contributed by atoms with E-state index in [0.717, 1.165) is 17.7 Å². The van der Waals surface area contributed by atoms with Crippen LogP contribution in [0.3, 0.4) is 0 Å². The second kappa shape index (κ2) is 8.37. The lowest BCUT2D eigenvalue weighted by atomic mass is 9.86. The van der Waals surface area contributed by atoms with Crippen LogP contribution in [0.5, 0.6) is 0 Å². The Morgan fingerprint density at radius 2 is 2.07 bits per heavy atom. The molecule has 2 heterocycles. The van der Waals surface area contributed by atoms with Crippen molar-refractivity contribution >= 4 is 12.0 Å². The molecule has 148 valence electrons. The number of rotatable bonds is 5. The van der Waals surface area contributed by atoms with Crippen molar-refractivity contribution in [2.24, 2.45) is 11.7 Å². The number of amides is 2. The Balaban J connectivity index is 1.84. The summed E-state index contributed by atoms with van der Waals surface area (Å²) in [6.45, 7) is 5.38. The van der Waals surface area contributed by atoms with Gasteiger partial charge in [-0.2, -0.15) is 0 Å². The van der Waals surface area contributed by atoms with Crippen LogP contribution in [-0.2, 0) is 12.8 Å². The van der Waals surface area contributed by atoms with E-state index < -0.39 is 12.0 Å². The summed E-state index contributed by atoms with van der Waals surface area (Å²) in [4.78, 5) is 32.5. The molecule has 1 atom stereocenters. The highest BCUT2D eigenvalue weighted by atomic mass is 16.4. The quantitative estimate of drug-likeness (QED) is 0.826. The molecule has 2 aromatic rings. The van der Waals surface area contributed by atoms with Crippen LogP contribution in [0.15, 0.2) is 30.6 Å². The summed E-state index contributed by atoms with van der Waals surface area (Å²) in [6.07, 6.45) is 4.36. The van der Waals surface area contributed by atoms with Crippen LogP contribution in [0.1, 0.15) is 59.1 Å². The lowest BCUT2D eigenvalue weighted by Gasteiger charge is -2.24. The van der Waals surface area contributed by atoms with Crippen molar-refractivity contribution in [2.45, 2.75) is 39.0 Å². The predicted octanol–water partition coefficient (Wildman–Crippen LogP) is 2.83. The molecule has 7 heteroatoms. The average molecular weight is 382 g/mol. The van der Waals surface area contributed by atoms with Gasteiger partial charge in [0, 0.05) is 31.6 Å². The molecular weight excluding hydrogens is 356 g/mol. The molecule has 0 saturated carbocycles. The van der Waals surface area contributed by atoms with Crippen LogP contribution in [-0.4, -0.2) is 45.1 Å². The standard InChI is InChI=1S/C21H26N4O3/c1-13(2)7-16-12-25(21(27)28)6-5-15-8-14(3-4-18(15)16)9-17-10-24-19(11-23-17)20(22)26/h3-4,8,10-11,13,16H,5-7,9,12H2,1-2H3,(H2,22,26)(H,27,28). The molecule has 0 saturated heterocycles. The minimum atomic E-state index is -0.855. The minimum absolute atomic E-state index is 0.149. The zero-order valence-electron chi connectivity index (χ0n) is 16.3. The fraction of sp³-hybridized carbons (Fsp3) is 0.429. The van der Waals surface area contributed by atoms with E-state index in [9.17, 15) is 14.7 Å². The second-order valence-electron chi connectivity index (χ2n) is 7.77. The Kier molecular flexibility index (Phi) is 5.92. The molecule has 1 aromatic heterocycles. The highest BCUT2D eigenvalue weighted by molar-refractivity contribution is 5.90. The molecule has 1 aromatic carbocycles. The first kappa shape index (κ1) is 19.8. The molecule has 1 unspecified atom stereocenters. The lowest BCUT2D eigenvalue weighted by molar-refractivity contribution is 0.0995. The van der Waals surface area contributed by atoms with Gasteiger partial charge in [-0.1, -0.05) is 32.0 Å². The SMILES string of the molecule is CC(C)CC1CN(C(=O)O)CCc2cc(Cc3cnc(C(N)=O)cn3)ccc21. The highest BCUT2D eigenvalue weighted by Gasteiger charge is 2.26. The van der Waals surface area contributed by atoms with Gasteiger partial charge in [-0.15, -0.1) is 0 Å². The van der Waals surface area contributed by atoms with Gasteiger partial charge in [0.1, 0.15) is 5.69 Å². The molecule has 3 rings (SSSR count). The van der Waals surface area contributed by atoms with Gasteiger partial charge in [-0.05, 0) is 35.4 Å². The lowest BCUT2D eigenvalue weighted by Crippen LogP contribution is -2.33. The molecule has 0 spiro atoms. The molecule has 0 aliphatic carbocycles. The third kappa shape index (κ3) is 4.65. The van der Waals surface area contributed by atoms with Gasteiger partial charge in [0.05, 0.1) is 11.9 Å². The van der Waals surface area contributed by atoms with E-state index in [-0.39, 0.29) is 11.6 Å². The molecule has 0 bridgehead atoms. The summed E-state index contributed by atoms with van der Waals surface area (Å²) in [5.41, 5.74) is 9.64. The Hall–Kier alpha value is -2.96. The third-order valence-corrected chi connectivity index (χ3v) is 5.11. The summed E-state index contributed by atoms with van der Waals surface area (Å²) < 4.78 is 0. The summed E-state index contributed by atoms with van der Waals surface area (Å²) in [5.74, 6) is 0.103. The number of nitrogens with zero attached hydrogens (tertiary/aromatic N) is 3. The Morgan fingerprint density at radius 1 is 1.29 bits per heavy atom. The van der Waals surface area contributed by atoms with Gasteiger partial charge in [0.2, 0.25) is 0 Å². The van der Waals surface area contributed by atoms with E-state index >= 15 is 0 Å². The Labute approximate surface area is 164 Å². The van der Waals surface area contributed by atoms with Crippen molar-refractivity contribution in [3.8, 4) is 0 Å². The summed E-state index contributed by atoms with van der Waals surface area (Å²) in [7, 11) is 0. The van der Waals surface area contributed by atoms with E-state index in [2.05, 4.69) is 42.0 Å². The first-order valence-corrected chi connectivity index (χ1v) is 9.53. The van der Waals surface area contributed by atoms with Crippen LogP contribution in [0.2, 0.25) is 0 Å².